The van der Waals surface area contributed by atoms with E-state index in [-0.39, 0.29) is 17.6 Å². The van der Waals surface area contributed by atoms with E-state index in [4.69, 9.17) is 19.7 Å². The van der Waals surface area contributed by atoms with Gasteiger partial charge in [0.1, 0.15) is 0 Å². The third-order valence-corrected chi connectivity index (χ3v) is 2.76. The van der Waals surface area contributed by atoms with E-state index in [1.165, 1.54) is 0 Å². The molecule has 0 aromatic carbocycles. The number of nitrogens with zero attached hydrogens (tertiary/aromatic N) is 2. The average Bonchev–Trinajstić information content (AvgIpc) is 2.77. The molecule has 0 aliphatic carbocycles. The van der Waals surface area contributed by atoms with Gasteiger partial charge in [-0.25, -0.2) is 0 Å². The summed E-state index contributed by atoms with van der Waals surface area (Å²) in [6.07, 6.45) is -0.267. The van der Waals surface area contributed by atoms with E-state index in [2.05, 4.69) is 10.1 Å². The van der Waals surface area contributed by atoms with Gasteiger partial charge < -0.3 is 19.7 Å². The van der Waals surface area contributed by atoms with Crippen LogP contribution >= 0.6 is 0 Å². The van der Waals surface area contributed by atoms with Crippen molar-refractivity contribution in [2.45, 2.75) is 32.9 Å². The molecule has 0 spiro atoms. The molecule has 1 aliphatic rings. The van der Waals surface area contributed by atoms with E-state index in [0.29, 0.717) is 31.5 Å². The molecule has 0 saturated carbocycles. The summed E-state index contributed by atoms with van der Waals surface area (Å²) < 4.78 is 15.9. The Morgan fingerprint density at radius 1 is 1.35 bits per heavy atom. The monoisotopic (exact) mass is 241 g/mol. The maximum Gasteiger partial charge on any atom is 0.258 e. The van der Waals surface area contributed by atoms with Crippen molar-refractivity contribution >= 4 is 0 Å². The number of aromatic nitrogens is 2. The van der Waals surface area contributed by atoms with Crippen molar-refractivity contribution in [3.63, 3.8) is 0 Å². The lowest BCUT2D eigenvalue weighted by Gasteiger charge is -2.23. The molecular formula is C11H19N3O3. The fourth-order valence-electron chi connectivity index (χ4n) is 1.52. The van der Waals surface area contributed by atoms with Crippen LogP contribution in [0.25, 0.3) is 0 Å². The SMILES string of the molecule is CC(C)(C)C(N)c1noc(C2COCCO2)n1. The maximum atomic E-state index is 6.06. The Morgan fingerprint density at radius 2 is 2.12 bits per heavy atom. The lowest BCUT2D eigenvalue weighted by Crippen LogP contribution is -2.27. The normalized spacial score (nSPS) is 23.6. The molecule has 0 amide bonds. The zero-order valence-electron chi connectivity index (χ0n) is 10.5. The van der Waals surface area contributed by atoms with Gasteiger partial charge in [0.05, 0.1) is 25.9 Å². The fraction of sp³-hybridized carbons (Fsp3) is 0.818. The van der Waals surface area contributed by atoms with Crippen LogP contribution in [0.3, 0.4) is 0 Å². The first-order chi connectivity index (χ1) is 7.98. The van der Waals surface area contributed by atoms with Crippen LogP contribution in [0, 0.1) is 5.41 Å². The molecule has 1 aliphatic heterocycles. The Kier molecular flexibility index (Phi) is 3.46. The molecule has 1 saturated heterocycles. The summed E-state index contributed by atoms with van der Waals surface area (Å²) in [5.41, 5.74) is 5.95. The number of hydrogen-bond acceptors (Lipinski definition) is 6. The van der Waals surface area contributed by atoms with Gasteiger partial charge in [-0.15, -0.1) is 0 Å². The molecule has 2 heterocycles. The molecule has 2 rings (SSSR count). The smallest absolute Gasteiger partial charge is 0.258 e. The van der Waals surface area contributed by atoms with Crippen molar-refractivity contribution in [3.05, 3.63) is 11.7 Å². The van der Waals surface area contributed by atoms with Crippen molar-refractivity contribution in [2.75, 3.05) is 19.8 Å². The van der Waals surface area contributed by atoms with E-state index < -0.39 is 0 Å². The van der Waals surface area contributed by atoms with Gasteiger partial charge in [-0.2, -0.15) is 4.98 Å². The summed E-state index contributed by atoms with van der Waals surface area (Å²) in [6.45, 7) is 7.72. The Balaban J connectivity index is 2.10. The minimum Gasteiger partial charge on any atom is -0.376 e. The lowest BCUT2D eigenvalue weighted by atomic mass is 9.87. The summed E-state index contributed by atoms with van der Waals surface area (Å²) in [7, 11) is 0. The first-order valence-electron chi connectivity index (χ1n) is 5.77. The minimum atomic E-state index is -0.267. The highest BCUT2D eigenvalue weighted by atomic mass is 16.6. The third kappa shape index (κ3) is 2.83. The Hall–Kier alpha value is -0.980. The van der Waals surface area contributed by atoms with Crippen molar-refractivity contribution < 1.29 is 14.0 Å². The molecule has 6 heteroatoms. The van der Waals surface area contributed by atoms with Crippen molar-refractivity contribution in [1.82, 2.24) is 10.1 Å². The molecule has 17 heavy (non-hydrogen) atoms. The van der Waals surface area contributed by atoms with Crippen LogP contribution in [-0.2, 0) is 9.47 Å². The predicted octanol–water partition coefficient (Wildman–Crippen LogP) is 1.20. The van der Waals surface area contributed by atoms with Crippen LogP contribution < -0.4 is 5.73 Å². The van der Waals surface area contributed by atoms with Gasteiger partial charge in [0, 0.05) is 0 Å². The summed E-state index contributed by atoms with van der Waals surface area (Å²) in [5.74, 6) is 0.959. The predicted molar refractivity (Wildman–Crippen MR) is 60.2 cm³/mol. The standard InChI is InChI=1S/C11H19N3O3/c1-11(2,3)8(12)9-13-10(17-14-9)7-6-15-4-5-16-7/h7-8H,4-6,12H2,1-3H3. The molecule has 1 aromatic heterocycles. The van der Waals surface area contributed by atoms with Crippen LogP contribution in [0.4, 0.5) is 0 Å². The number of hydrogen-bond donors (Lipinski definition) is 1. The molecule has 2 atom stereocenters. The molecule has 2 N–H and O–H groups in total. The van der Waals surface area contributed by atoms with Gasteiger partial charge in [0.15, 0.2) is 11.9 Å². The summed E-state index contributed by atoms with van der Waals surface area (Å²) in [5, 5.41) is 3.91. The second-order valence-corrected chi connectivity index (χ2v) is 5.27. The minimum absolute atomic E-state index is 0.106. The number of ether oxygens (including phenoxy) is 2. The Morgan fingerprint density at radius 3 is 2.71 bits per heavy atom. The molecule has 1 aromatic rings. The first kappa shape index (κ1) is 12.5. The van der Waals surface area contributed by atoms with Gasteiger partial charge >= 0.3 is 0 Å². The molecule has 0 radical (unpaired) electrons. The molecule has 0 bridgehead atoms. The maximum absolute atomic E-state index is 6.06. The zero-order valence-corrected chi connectivity index (χ0v) is 10.5. The van der Waals surface area contributed by atoms with E-state index in [0.717, 1.165) is 0 Å². The van der Waals surface area contributed by atoms with Crippen molar-refractivity contribution in [1.29, 1.82) is 0 Å². The van der Waals surface area contributed by atoms with Gasteiger partial charge in [-0.1, -0.05) is 25.9 Å². The van der Waals surface area contributed by atoms with Crippen LogP contribution in [0.15, 0.2) is 4.52 Å². The summed E-state index contributed by atoms with van der Waals surface area (Å²) in [4.78, 5) is 4.29. The molecule has 2 unspecified atom stereocenters. The van der Waals surface area contributed by atoms with Crippen LogP contribution in [0.1, 0.15) is 44.6 Å². The second kappa shape index (κ2) is 4.72. The van der Waals surface area contributed by atoms with Crippen molar-refractivity contribution in [3.8, 4) is 0 Å². The average molecular weight is 241 g/mol. The van der Waals surface area contributed by atoms with Crippen LogP contribution in [0.2, 0.25) is 0 Å². The third-order valence-electron chi connectivity index (χ3n) is 2.76. The highest BCUT2D eigenvalue weighted by Gasteiger charge is 2.29. The quantitative estimate of drug-likeness (QED) is 0.837. The van der Waals surface area contributed by atoms with Gasteiger partial charge in [0.25, 0.3) is 5.89 Å². The highest BCUT2D eigenvalue weighted by Crippen LogP contribution is 2.29. The molecule has 96 valence electrons. The molecule has 6 nitrogen and oxygen atoms in total. The lowest BCUT2D eigenvalue weighted by molar-refractivity contribution is -0.101. The van der Waals surface area contributed by atoms with Crippen LogP contribution in [0.5, 0.6) is 0 Å². The van der Waals surface area contributed by atoms with Gasteiger partial charge in [0.2, 0.25) is 0 Å². The molecule has 1 fully saturated rings. The number of nitrogens with two attached hydrogens (primary N) is 1. The number of rotatable bonds is 2. The zero-order chi connectivity index (χ0) is 12.5. The second-order valence-electron chi connectivity index (χ2n) is 5.27. The topological polar surface area (TPSA) is 83.4 Å². The van der Waals surface area contributed by atoms with E-state index in [1.807, 2.05) is 20.8 Å². The van der Waals surface area contributed by atoms with Gasteiger partial charge in [-0.05, 0) is 5.41 Å². The fourth-order valence-corrected chi connectivity index (χ4v) is 1.52. The Labute approximate surface area is 100 Å². The highest BCUT2D eigenvalue weighted by molar-refractivity contribution is 4.99. The van der Waals surface area contributed by atoms with E-state index in [1.54, 1.807) is 0 Å². The van der Waals surface area contributed by atoms with Gasteiger partial charge in [-0.3, -0.25) is 0 Å². The van der Waals surface area contributed by atoms with E-state index in [9.17, 15) is 0 Å². The van der Waals surface area contributed by atoms with Crippen molar-refractivity contribution in [2.24, 2.45) is 11.1 Å². The van der Waals surface area contributed by atoms with E-state index >= 15 is 0 Å². The summed E-state index contributed by atoms with van der Waals surface area (Å²) in [6, 6.07) is -0.260. The first-order valence-corrected chi connectivity index (χ1v) is 5.77. The largest absolute Gasteiger partial charge is 0.376 e. The Bertz CT molecular complexity index is 366. The molecular weight excluding hydrogens is 222 g/mol. The summed E-state index contributed by atoms with van der Waals surface area (Å²) >= 11 is 0. The van der Waals surface area contributed by atoms with Crippen LogP contribution in [-0.4, -0.2) is 30.0 Å².